The van der Waals surface area contributed by atoms with Crippen LogP contribution in [0.3, 0.4) is 0 Å². The summed E-state index contributed by atoms with van der Waals surface area (Å²) in [6.45, 7) is 8.36. The molecule has 6 heteroatoms. The average Bonchev–Trinajstić information content (AvgIpc) is 2.70. The van der Waals surface area contributed by atoms with Crippen molar-refractivity contribution in [1.29, 1.82) is 0 Å². The molecule has 2 aromatic rings. The number of rotatable bonds is 9. The van der Waals surface area contributed by atoms with Crippen molar-refractivity contribution in [3.8, 4) is 5.75 Å². The Balaban J connectivity index is 2.21. The average molecular weight is 417 g/mol. The number of carbonyl (C=O) groups excluding carboxylic acids is 2. The quantitative estimate of drug-likeness (QED) is 0.663. The molecule has 0 aliphatic rings. The van der Waals surface area contributed by atoms with Crippen molar-refractivity contribution < 1.29 is 14.3 Å². The number of aryl methyl sites for hydroxylation is 2. The lowest BCUT2D eigenvalue weighted by Crippen LogP contribution is -2.50. The highest BCUT2D eigenvalue weighted by Crippen LogP contribution is 2.20. The van der Waals surface area contributed by atoms with E-state index in [1.807, 2.05) is 58.0 Å². The van der Waals surface area contributed by atoms with Crippen LogP contribution in [0.15, 0.2) is 42.5 Å². The highest BCUT2D eigenvalue weighted by molar-refractivity contribution is 6.30. The van der Waals surface area contributed by atoms with Crippen LogP contribution in [0, 0.1) is 13.8 Å². The smallest absolute Gasteiger partial charge is 0.261 e. The van der Waals surface area contributed by atoms with E-state index in [1.54, 1.807) is 17.0 Å². The Labute approximate surface area is 178 Å². The van der Waals surface area contributed by atoms with Gasteiger partial charge in [-0.05, 0) is 62.1 Å². The zero-order valence-corrected chi connectivity index (χ0v) is 18.3. The highest BCUT2D eigenvalue weighted by Gasteiger charge is 2.28. The predicted molar refractivity (Wildman–Crippen MR) is 116 cm³/mol. The highest BCUT2D eigenvalue weighted by atomic mass is 35.5. The molecule has 0 radical (unpaired) electrons. The van der Waals surface area contributed by atoms with Crippen LogP contribution in [0.4, 0.5) is 0 Å². The number of amides is 2. The lowest BCUT2D eigenvalue weighted by Gasteiger charge is -2.30. The number of hydrogen-bond donors (Lipinski definition) is 1. The van der Waals surface area contributed by atoms with Crippen molar-refractivity contribution in [2.75, 3.05) is 13.2 Å². The molecule has 0 heterocycles. The summed E-state index contributed by atoms with van der Waals surface area (Å²) in [5.74, 6) is 0.277. The topological polar surface area (TPSA) is 58.6 Å². The van der Waals surface area contributed by atoms with Gasteiger partial charge in [0.25, 0.3) is 5.91 Å². The second-order valence-corrected chi connectivity index (χ2v) is 7.46. The molecule has 2 aromatic carbocycles. The van der Waals surface area contributed by atoms with Gasteiger partial charge in [-0.15, -0.1) is 0 Å². The lowest BCUT2D eigenvalue weighted by molar-refractivity contribution is -0.142. The van der Waals surface area contributed by atoms with Crippen LogP contribution in [0.2, 0.25) is 5.02 Å². The molecule has 2 rings (SSSR count). The molecule has 0 aliphatic heterocycles. The van der Waals surface area contributed by atoms with Crippen LogP contribution in [0.5, 0.6) is 5.75 Å². The number of likely N-dealkylation sites (N-methyl/N-ethyl adjacent to an activating group) is 1. The third kappa shape index (κ3) is 6.50. The van der Waals surface area contributed by atoms with Crippen molar-refractivity contribution in [2.45, 2.75) is 46.7 Å². The van der Waals surface area contributed by atoms with E-state index in [9.17, 15) is 9.59 Å². The first-order valence-electron chi connectivity index (χ1n) is 9.87. The van der Waals surface area contributed by atoms with Crippen molar-refractivity contribution in [2.24, 2.45) is 0 Å². The van der Waals surface area contributed by atoms with Gasteiger partial charge in [-0.25, -0.2) is 0 Å². The van der Waals surface area contributed by atoms with E-state index >= 15 is 0 Å². The van der Waals surface area contributed by atoms with Gasteiger partial charge in [-0.2, -0.15) is 0 Å². The van der Waals surface area contributed by atoms with Crippen LogP contribution < -0.4 is 10.1 Å². The molecule has 5 nitrogen and oxygen atoms in total. The van der Waals surface area contributed by atoms with E-state index in [0.717, 1.165) is 16.7 Å². The number of halogens is 1. The van der Waals surface area contributed by atoms with E-state index in [4.69, 9.17) is 16.3 Å². The molecule has 2 amide bonds. The standard InChI is InChI=1S/C23H29ClN2O3/c1-5-20(23(28)25-6-2)26(14-18-9-11-19(24)12-10-18)22(27)15-29-21-13-16(3)7-8-17(21)4/h7-13,20H,5-6,14-15H2,1-4H3,(H,25,28). The summed E-state index contributed by atoms with van der Waals surface area (Å²) in [7, 11) is 0. The number of nitrogens with one attached hydrogen (secondary N) is 1. The lowest BCUT2D eigenvalue weighted by atomic mass is 10.1. The van der Waals surface area contributed by atoms with Gasteiger partial charge in [0.05, 0.1) is 0 Å². The Bertz CT molecular complexity index is 837. The van der Waals surface area contributed by atoms with Crippen molar-refractivity contribution in [3.05, 3.63) is 64.2 Å². The normalized spacial score (nSPS) is 11.6. The number of hydrogen-bond acceptors (Lipinski definition) is 3. The van der Waals surface area contributed by atoms with Gasteiger partial charge in [-0.1, -0.05) is 42.8 Å². The van der Waals surface area contributed by atoms with E-state index in [0.29, 0.717) is 30.3 Å². The Morgan fingerprint density at radius 3 is 2.41 bits per heavy atom. The SMILES string of the molecule is CCNC(=O)C(CC)N(Cc1ccc(Cl)cc1)C(=O)COc1cc(C)ccc1C. The summed E-state index contributed by atoms with van der Waals surface area (Å²) in [5, 5.41) is 3.45. The van der Waals surface area contributed by atoms with Crippen molar-refractivity contribution >= 4 is 23.4 Å². The van der Waals surface area contributed by atoms with Gasteiger partial charge in [0.2, 0.25) is 5.91 Å². The molecule has 0 saturated carbocycles. The fourth-order valence-corrected chi connectivity index (χ4v) is 3.21. The molecule has 0 aromatic heterocycles. The Kier molecular flexibility index (Phi) is 8.52. The zero-order valence-electron chi connectivity index (χ0n) is 17.5. The second kappa shape index (κ2) is 10.9. The van der Waals surface area contributed by atoms with Crippen LogP contribution in [-0.2, 0) is 16.1 Å². The maximum absolute atomic E-state index is 13.1. The first kappa shape index (κ1) is 22.8. The second-order valence-electron chi connectivity index (χ2n) is 7.02. The van der Waals surface area contributed by atoms with Gasteiger partial charge >= 0.3 is 0 Å². The molecule has 1 unspecified atom stereocenters. The molecular weight excluding hydrogens is 388 g/mol. The number of ether oxygens (including phenoxy) is 1. The minimum Gasteiger partial charge on any atom is -0.483 e. The number of carbonyl (C=O) groups is 2. The largest absolute Gasteiger partial charge is 0.483 e. The Morgan fingerprint density at radius 2 is 1.79 bits per heavy atom. The molecule has 0 saturated heterocycles. The minimum absolute atomic E-state index is 0.131. The predicted octanol–water partition coefficient (Wildman–Crippen LogP) is 4.28. The van der Waals surface area contributed by atoms with Gasteiger partial charge in [0.1, 0.15) is 11.8 Å². The summed E-state index contributed by atoms with van der Waals surface area (Å²) in [4.78, 5) is 27.2. The molecule has 0 spiro atoms. The molecule has 29 heavy (non-hydrogen) atoms. The first-order chi connectivity index (χ1) is 13.8. The zero-order chi connectivity index (χ0) is 21.4. The van der Waals surface area contributed by atoms with Crippen molar-refractivity contribution in [3.63, 3.8) is 0 Å². The maximum atomic E-state index is 13.1. The minimum atomic E-state index is -0.569. The summed E-state index contributed by atoms with van der Waals surface area (Å²) < 4.78 is 5.81. The van der Waals surface area contributed by atoms with Crippen LogP contribution in [-0.4, -0.2) is 35.9 Å². The molecule has 0 fully saturated rings. The van der Waals surface area contributed by atoms with Gasteiger partial charge < -0.3 is 15.0 Å². The van der Waals surface area contributed by atoms with E-state index < -0.39 is 6.04 Å². The van der Waals surface area contributed by atoms with E-state index in [-0.39, 0.29) is 18.4 Å². The molecule has 0 aliphatic carbocycles. The third-order valence-corrected chi connectivity index (χ3v) is 4.95. The third-order valence-electron chi connectivity index (χ3n) is 4.70. The Morgan fingerprint density at radius 1 is 1.10 bits per heavy atom. The van der Waals surface area contributed by atoms with E-state index in [1.165, 1.54) is 0 Å². The molecule has 156 valence electrons. The summed E-state index contributed by atoms with van der Waals surface area (Å²) in [5.41, 5.74) is 2.92. The Hall–Kier alpha value is -2.53. The van der Waals surface area contributed by atoms with E-state index in [2.05, 4.69) is 5.32 Å². The summed E-state index contributed by atoms with van der Waals surface area (Å²) in [6, 6.07) is 12.6. The maximum Gasteiger partial charge on any atom is 0.261 e. The van der Waals surface area contributed by atoms with Crippen LogP contribution in [0.25, 0.3) is 0 Å². The molecule has 0 bridgehead atoms. The fourth-order valence-electron chi connectivity index (χ4n) is 3.08. The fraction of sp³-hybridized carbons (Fsp3) is 0.391. The van der Waals surface area contributed by atoms with Crippen LogP contribution in [0.1, 0.15) is 37.0 Å². The summed E-state index contributed by atoms with van der Waals surface area (Å²) >= 11 is 5.97. The molecular formula is C23H29ClN2O3. The van der Waals surface area contributed by atoms with Gasteiger partial charge in [0, 0.05) is 18.1 Å². The van der Waals surface area contributed by atoms with Crippen molar-refractivity contribution in [1.82, 2.24) is 10.2 Å². The number of nitrogens with zero attached hydrogens (tertiary/aromatic N) is 1. The summed E-state index contributed by atoms with van der Waals surface area (Å²) in [6.07, 6.45) is 0.509. The number of benzene rings is 2. The van der Waals surface area contributed by atoms with Gasteiger partial charge in [0.15, 0.2) is 6.61 Å². The monoisotopic (exact) mass is 416 g/mol. The molecule has 1 N–H and O–H groups in total. The van der Waals surface area contributed by atoms with Crippen LogP contribution >= 0.6 is 11.6 Å². The molecule has 1 atom stereocenters. The first-order valence-corrected chi connectivity index (χ1v) is 10.2. The van der Waals surface area contributed by atoms with Gasteiger partial charge in [-0.3, -0.25) is 9.59 Å².